The van der Waals surface area contributed by atoms with Gasteiger partial charge in [0.05, 0.1) is 12.0 Å². The topological polar surface area (TPSA) is 29.9 Å². The SMILES string of the molecule is Cl.Cl.c1ncn2c1CNCC2. The summed E-state index contributed by atoms with van der Waals surface area (Å²) in [4.78, 5) is 4.03. The Balaban J connectivity index is 0.000000500. The number of halogens is 2. The maximum absolute atomic E-state index is 4.03. The average molecular weight is 196 g/mol. The summed E-state index contributed by atoms with van der Waals surface area (Å²) in [6.45, 7) is 3.11. The highest BCUT2D eigenvalue weighted by molar-refractivity contribution is 5.85. The zero-order valence-corrected chi connectivity index (χ0v) is 7.62. The van der Waals surface area contributed by atoms with Crippen LogP contribution in [0.2, 0.25) is 0 Å². The molecule has 0 radical (unpaired) electrons. The first-order valence-electron chi connectivity index (χ1n) is 3.16. The molecule has 0 spiro atoms. The van der Waals surface area contributed by atoms with Gasteiger partial charge in [-0.15, -0.1) is 24.8 Å². The first kappa shape index (κ1) is 10.8. The van der Waals surface area contributed by atoms with Gasteiger partial charge in [-0.3, -0.25) is 0 Å². The highest BCUT2D eigenvalue weighted by Gasteiger charge is 2.04. The summed E-state index contributed by atoms with van der Waals surface area (Å²) in [6.07, 6.45) is 3.79. The number of rotatable bonds is 0. The van der Waals surface area contributed by atoms with Crippen molar-refractivity contribution in [2.45, 2.75) is 13.1 Å². The molecular formula is C6H11Cl2N3. The molecule has 1 aromatic rings. The molecule has 2 heterocycles. The molecule has 0 saturated heterocycles. The summed E-state index contributed by atoms with van der Waals surface area (Å²) < 4.78 is 2.18. The minimum Gasteiger partial charge on any atom is -0.332 e. The number of hydrogen-bond acceptors (Lipinski definition) is 2. The first-order valence-corrected chi connectivity index (χ1v) is 3.16. The third kappa shape index (κ3) is 2.09. The van der Waals surface area contributed by atoms with Gasteiger partial charge in [0, 0.05) is 25.8 Å². The van der Waals surface area contributed by atoms with Gasteiger partial charge < -0.3 is 9.88 Å². The molecule has 1 aliphatic rings. The largest absolute Gasteiger partial charge is 0.332 e. The van der Waals surface area contributed by atoms with Gasteiger partial charge in [0.25, 0.3) is 0 Å². The van der Waals surface area contributed by atoms with Crippen molar-refractivity contribution in [3.63, 3.8) is 0 Å². The second kappa shape index (κ2) is 4.59. The Morgan fingerprint density at radius 1 is 1.45 bits per heavy atom. The fourth-order valence-electron chi connectivity index (χ4n) is 1.11. The third-order valence-corrected chi connectivity index (χ3v) is 1.63. The van der Waals surface area contributed by atoms with Gasteiger partial charge in [-0.25, -0.2) is 4.98 Å². The van der Waals surface area contributed by atoms with Crippen molar-refractivity contribution < 1.29 is 0 Å². The van der Waals surface area contributed by atoms with E-state index in [1.807, 2.05) is 12.5 Å². The smallest absolute Gasteiger partial charge is 0.0949 e. The van der Waals surface area contributed by atoms with E-state index < -0.39 is 0 Å². The maximum Gasteiger partial charge on any atom is 0.0949 e. The molecule has 64 valence electrons. The molecule has 0 atom stereocenters. The Hall–Kier alpha value is -0.250. The fourth-order valence-corrected chi connectivity index (χ4v) is 1.11. The zero-order valence-electron chi connectivity index (χ0n) is 5.99. The minimum atomic E-state index is 0. The predicted octanol–water partition coefficient (Wildman–Crippen LogP) is 0.830. The molecule has 5 heteroatoms. The molecule has 2 rings (SSSR count). The summed E-state index contributed by atoms with van der Waals surface area (Å²) in [5, 5.41) is 3.27. The van der Waals surface area contributed by atoms with Crippen LogP contribution in [0.5, 0.6) is 0 Å². The highest BCUT2D eigenvalue weighted by atomic mass is 35.5. The quantitative estimate of drug-likeness (QED) is 0.666. The predicted molar refractivity (Wildman–Crippen MR) is 48.4 cm³/mol. The number of aromatic nitrogens is 2. The van der Waals surface area contributed by atoms with Crippen molar-refractivity contribution in [2.75, 3.05) is 6.54 Å². The van der Waals surface area contributed by atoms with E-state index in [1.165, 1.54) is 5.69 Å². The Labute approximate surface area is 78.0 Å². The lowest BCUT2D eigenvalue weighted by Crippen LogP contribution is -2.27. The molecule has 1 aliphatic heterocycles. The van der Waals surface area contributed by atoms with Crippen LogP contribution in [-0.2, 0) is 13.1 Å². The van der Waals surface area contributed by atoms with E-state index in [1.54, 1.807) is 0 Å². The number of imidazole rings is 1. The van der Waals surface area contributed by atoms with E-state index in [4.69, 9.17) is 0 Å². The van der Waals surface area contributed by atoms with Gasteiger partial charge >= 0.3 is 0 Å². The second-order valence-corrected chi connectivity index (χ2v) is 2.26. The molecule has 0 saturated carbocycles. The summed E-state index contributed by atoms with van der Waals surface area (Å²) in [6, 6.07) is 0. The van der Waals surface area contributed by atoms with Crippen LogP contribution in [0.15, 0.2) is 12.5 Å². The van der Waals surface area contributed by atoms with E-state index in [2.05, 4.69) is 14.9 Å². The molecule has 0 bridgehead atoms. The third-order valence-electron chi connectivity index (χ3n) is 1.63. The van der Waals surface area contributed by atoms with Crippen LogP contribution >= 0.6 is 24.8 Å². The number of nitrogens with one attached hydrogen (secondary N) is 1. The van der Waals surface area contributed by atoms with Crippen LogP contribution in [0.1, 0.15) is 5.69 Å². The molecule has 0 amide bonds. The molecule has 1 N–H and O–H groups in total. The van der Waals surface area contributed by atoms with Gasteiger partial charge in [0.2, 0.25) is 0 Å². The van der Waals surface area contributed by atoms with E-state index in [0.717, 1.165) is 19.6 Å². The average Bonchev–Trinajstić information content (AvgIpc) is 2.33. The van der Waals surface area contributed by atoms with Crippen molar-refractivity contribution in [1.82, 2.24) is 14.9 Å². The lowest BCUT2D eigenvalue weighted by atomic mass is 10.4. The van der Waals surface area contributed by atoms with E-state index >= 15 is 0 Å². The monoisotopic (exact) mass is 195 g/mol. The molecule has 0 fully saturated rings. The Morgan fingerprint density at radius 2 is 2.27 bits per heavy atom. The van der Waals surface area contributed by atoms with Crippen molar-refractivity contribution in [2.24, 2.45) is 0 Å². The lowest BCUT2D eigenvalue weighted by Gasteiger charge is -2.14. The summed E-state index contributed by atoms with van der Waals surface area (Å²) in [5.41, 5.74) is 1.29. The minimum absolute atomic E-state index is 0. The summed E-state index contributed by atoms with van der Waals surface area (Å²) in [5.74, 6) is 0. The van der Waals surface area contributed by atoms with Crippen LogP contribution in [0.25, 0.3) is 0 Å². The number of nitrogens with zero attached hydrogens (tertiary/aromatic N) is 2. The van der Waals surface area contributed by atoms with E-state index in [9.17, 15) is 0 Å². The van der Waals surface area contributed by atoms with Crippen LogP contribution < -0.4 is 5.32 Å². The molecule has 11 heavy (non-hydrogen) atoms. The van der Waals surface area contributed by atoms with Crippen molar-refractivity contribution >= 4 is 24.8 Å². The summed E-state index contributed by atoms with van der Waals surface area (Å²) >= 11 is 0. The first-order chi connectivity index (χ1) is 4.47. The van der Waals surface area contributed by atoms with Gasteiger partial charge in [-0.2, -0.15) is 0 Å². The number of fused-ring (bicyclic) bond motifs is 1. The van der Waals surface area contributed by atoms with Crippen LogP contribution in [0.3, 0.4) is 0 Å². The lowest BCUT2D eigenvalue weighted by molar-refractivity contribution is 0.516. The molecule has 3 nitrogen and oxygen atoms in total. The Kier molecular flexibility index (Phi) is 4.49. The van der Waals surface area contributed by atoms with Crippen molar-refractivity contribution in [3.8, 4) is 0 Å². The van der Waals surface area contributed by atoms with Gasteiger partial charge in [-0.05, 0) is 0 Å². The number of hydrogen-bond donors (Lipinski definition) is 1. The molecule has 0 aliphatic carbocycles. The maximum atomic E-state index is 4.03. The summed E-state index contributed by atoms with van der Waals surface area (Å²) in [7, 11) is 0. The van der Waals surface area contributed by atoms with Gasteiger partial charge in [0.1, 0.15) is 0 Å². The van der Waals surface area contributed by atoms with Crippen molar-refractivity contribution in [3.05, 3.63) is 18.2 Å². The molecule has 0 aromatic carbocycles. The van der Waals surface area contributed by atoms with E-state index in [-0.39, 0.29) is 24.8 Å². The van der Waals surface area contributed by atoms with Crippen LogP contribution in [0, 0.1) is 0 Å². The standard InChI is InChI=1S/C6H9N3.2ClH/c1-2-9-5-8-4-6(9)3-7-1;;/h4-5,7H,1-3H2;2*1H. The molecule has 0 unspecified atom stereocenters. The van der Waals surface area contributed by atoms with Crippen LogP contribution in [0.4, 0.5) is 0 Å². The molecular weight excluding hydrogens is 185 g/mol. The van der Waals surface area contributed by atoms with Gasteiger partial charge in [-0.1, -0.05) is 0 Å². The van der Waals surface area contributed by atoms with Gasteiger partial charge in [0.15, 0.2) is 0 Å². The Bertz CT molecular complexity index is 191. The Morgan fingerprint density at radius 3 is 3.00 bits per heavy atom. The second-order valence-electron chi connectivity index (χ2n) is 2.26. The highest BCUT2D eigenvalue weighted by Crippen LogP contribution is 2.01. The molecule has 1 aromatic heterocycles. The fraction of sp³-hybridized carbons (Fsp3) is 0.500. The van der Waals surface area contributed by atoms with Crippen molar-refractivity contribution in [1.29, 1.82) is 0 Å². The van der Waals surface area contributed by atoms with Crippen LogP contribution in [-0.4, -0.2) is 16.1 Å². The van der Waals surface area contributed by atoms with E-state index in [0.29, 0.717) is 0 Å². The zero-order chi connectivity index (χ0) is 6.10. The normalized spacial score (nSPS) is 14.2.